The van der Waals surface area contributed by atoms with Crippen LogP contribution in [-0.2, 0) is 0 Å². The van der Waals surface area contributed by atoms with Gasteiger partial charge in [0.1, 0.15) is 11.4 Å². The van der Waals surface area contributed by atoms with Crippen LogP contribution in [0.3, 0.4) is 0 Å². The molecule has 5 heteroatoms. The third kappa shape index (κ3) is 2.29. The zero-order chi connectivity index (χ0) is 11.6. The Balaban J connectivity index is 2.06. The molecular weight excluding hydrogens is 224 g/mol. The van der Waals surface area contributed by atoms with E-state index in [9.17, 15) is 4.79 Å². The van der Waals surface area contributed by atoms with E-state index in [1.165, 1.54) is 12.8 Å². The van der Waals surface area contributed by atoms with Crippen molar-refractivity contribution in [1.29, 1.82) is 0 Å². The number of hydrogen-bond acceptors (Lipinski definition) is 4. The predicted molar refractivity (Wildman–Crippen MR) is 65.2 cm³/mol. The van der Waals surface area contributed by atoms with Crippen molar-refractivity contribution in [2.24, 2.45) is 0 Å². The molecule has 0 spiro atoms. The van der Waals surface area contributed by atoms with E-state index in [1.54, 1.807) is 18.3 Å². The van der Waals surface area contributed by atoms with Gasteiger partial charge in [-0.2, -0.15) is 11.8 Å². The highest BCUT2D eigenvalue weighted by Gasteiger charge is 2.41. The molecule has 0 amide bonds. The first-order valence-corrected chi connectivity index (χ1v) is 6.37. The molecule has 1 heterocycles. The molecule has 1 aliphatic carbocycles. The smallest absolute Gasteiger partial charge is 0.339 e. The van der Waals surface area contributed by atoms with Crippen LogP contribution >= 0.6 is 11.8 Å². The molecule has 1 aliphatic rings. The Hall–Kier alpha value is -1.23. The molecule has 1 saturated carbocycles. The number of rotatable bonds is 5. The van der Waals surface area contributed by atoms with E-state index in [2.05, 4.69) is 16.6 Å². The molecule has 0 saturated heterocycles. The fourth-order valence-corrected chi connectivity index (χ4v) is 2.28. The summed E-state index contributed by atoms with van der Waals surface area (Å²) >= 11 is 1.83. The number of hydrogen-bond donors (Lipinski definition) is 2. The van der Waals surface area contributed by atoms with Crippen molar-refractivity contribution < 1.29 is 9.90 Å². The molecule has 0 unspecified atom stereocenters. The maximum absolute atomic E-state index is 10.9. The van der Waals surface area contributed by atoms with Crippen LogP contribution in [0.25, 0.3) is 0 Å². The van der Waals surface area contributed by atoms with Gasteiger partial charge >= 0.3 is 5.97 Å². The van der Waals surface area contributed by atoms with Gasteiger partial charge < -0.3 is 10.4 Å². The minimum Gasteiger partial charge on any atom is -0.478 e. The minimum atomic E-state index is -0.940. The standard InChI is InChI=1S/C11H14N2O2S/c1-16-11(4-5-11)7-13-9-8(10(14)15)3-2-6-12-9/h2-3,6H,4-5,7H2,1H3,(H,12,13)(H,14,15). The fourth-order valence-electron chi connectivity index (χ4n) is 1.56. The van der Waals surface area contributed by atoms with Crippen LogP contribution in [0, 0.1) is 0 Å². The fraction of sp³-hybridized carbons (Fsp3) is 0.455. The van der Waals surface area contributed by atoms with Crippen LogP contribution in [0.2, 0.25) is 0 Å². The topological polar surface area (TPSA) is 62.2 Å². The summed E-state index contributed by atoms with van der Waals surface area (Å²) in [5.41, 5.74) is 0.236. The summed E-state index contributed by atoms with van der Waals surface area (Å²) in [6, 6.07) is 3.20. The number of thioether (sulfide) groups is 1. The Morgan fingerprint density at radius 1 is 1.69 bits per heavy atom. The molecule has 1 aromatic rings. The number of carboxylic acid groups (broad SMARTS) is 1. The second-order valence-electron chi connectivity index (χ2n) is 3.95. The summed E-state index contributed by atoms with van der Waals surface area (Å²) in [5.74, 6) is -0.472. The third-order valence-corrected chi connectivity index (χ3v) is 4.28. The summed E-state index contributed by atoms with van der Waals surface area (Å²) in [5, 5.41) is 12.1. The molecule has 1 fully saturated rings. The van der Waals surface area contributed by atoms with Gasteiger partial charge in [-0.05, 0) is 31.2 Å². The quantitative estimate of drug-likeness (QED) is 0.822. The second kappa shape index (κ2) is 4.33. The highest BCUT2D eigenvalue weighted by atomic mass is 32.2. The Kier molecular flexibility index (Phi) is 3.05. The van der Waals surface area contributed by atoms with Crippen LogP contribution < -0.4 is 5.32 Å². The minimum absolute atomic E-state index is 0.236. The van der Waals surface area contributed by atoms with Crippen molar-refractivity contribution in [3.63, 3.8) is 0 Å². The van der Waals surface area contributed by atoms with Crippen molar-refractivity contribution in [2.45, 2.75) is 17.6 Å². The van der Waals surface area contributed by atoms with Crippen molar-refractivity contribution in [3.8, 4) is 0 Å². The van der Waals surface area contributed by atoms with Crippen molar-refractivity contribution in [2.75, 3.05) is 18.1 Å². The summed E-state index contributed by atoms with van der Waals surface area (Å²) in [7, 11) is 0. The molecule has 0 bridgehead atoms. The maximum atomic E-state index is 10.9. The third-order valence-electron chi connectivity index (χ3n) is 2.86. The van der Waals surface area contributed by atoms with Gasteiger partial charge in [-0.3, -0.25) is 0 Å². The number of nitrogens with zero attached hydrogens (tertiary/aromatic N) is 1. The Labute approximate surface area is 98.5 Å². The molecule has 4 nitrogen and oxygen atoms in total. The van der Waals surface area contributed by atoms with E-state index in [0.717, 1.165) is 6.54 Å². The SMILES string of the molecule is CSC1(CNc2ncccc2C(=O)O)CC1. The molecule has 86 valence electrons. The van der Waals surface area contributed by atoms with E-state index in [1.807, 2.05) is 11.8 Å². The lowest BCUT2D eigenvalue weighted by atomic mass is 10.2. The molecule has 0 aliphatic heterocycles. The number of carbonyl (C=O) groups is 1. The monoisotopic (exact) mass is 238 g/mol. The second-order valence-corrected chi connectivity index (χ2v) is 5.22. The largest absolute Gasteiger partial charge is 0.478 e. The van der Waals surface area contributed by atoms with Gasteiger partial charge in [-0.1, -0.05) is 0 Å². The average Bonchev–Trinajstić information content (AvgIpc) is 3.07. The van der Waals surface area contributed by atoms with E-state index < -0.39 is 5.97 Å². The summed E-state index contributed by atoms with van der Waals surface area (Å²) in [4.78, 5) is 15.0. The Morgan fingerprint density at radius 2 is 2.44 bits per heavy atom. The number of anilines is 1. The van der Waals surface area contributed by atoms with Gasteiger partial charge in [-0.25, -0.2) is 9.78 Å². The number of nitrogens with one attached hydrogen (secondary N) is 1. The zero-order valence-corrected chi connectivity index (χ0v) is 9.88. The van der Waals surface area contributed by atoms with Crippen molar-refractivity contribution in [3.05, 3.63) is 23.9 Å². The summed E-state index contributed by atoms with van der Waals surface area (Å²) in [6.45, 7) is 0.783. The number of aromatic nitrogens is 1. The van der Waals surface area contributed by atoms with Gasteiger partial charge in [0.15, 0.2) is 0 Å². The van der Waals surface area contributed by atoms with E-state index in [4.69, 9.17) is 5.11 Å². The van der Waals surface area contributed by atoms with Crippen molar-refractivity contribution in [1.82, 2.24) is 4.98 Å². The first kappa shape index (κ1) is 11.3. The predicted octanol–water partition coefficient (Wildman–Crippen LogP) is 2.09. The van der Waals surface area contributed by atoms with Gasteiger partial charge in [0.05, 0.1) is 0 Å². The van der Waals surface area contributed by atoms with E-state index >= 15 is 0 Å². The lowest BCUT2D eigenvalue weighted by Crippen LogP contribution is -2.19. The van der Waals surface area contributed by atoms with Crippen LogP contribution in [0.15, 0.2) is 18.3 Å². The number of pyridine rings is 1. The summed E-state index contributed by atoms with van der Waals surface area (Å²) < 4.78 is 0.299. The van der Waals surface area contributed by atoms with Crippen LogP contribution in [-0.4, -0.2) is 33.6 Å². The van der Waals surface area contributed by atoms with Crippen LogP contribution in [0.5, 0.6) is 0 Å². The zero-order valence-electron chi connectivity index (χ0n) is 9.06. The molecule has 0 radical (unpaired) electrons. The van der Waals surface area contributed by atoms with Crippen LogP contribution in [0.4, 0.5) is 5.82 Å². The lowest BCUT2D eigenvalue weighted by molar-refractivity contribution is 0.0697. The Morgan fingerprint density at radius 3 is 3.00 bits per heavy atom. The number of aromatic carboxylic acids is 1. The highest BCUT2D eigenvalue weighted by molar-refractivity contribution is 8.00. The number of carboxylic acids is 1. The lowest BCUT2D eigenvalue weighted by Gasteiger charge is -2.14. The molecular formula is C11H14N2O2S. The highest BCUT2D eigenvalue weighted by Crippen LogP contribution is 2.47. The van der Waals surface area contributed by atoms with Gasteiger partial charge in [-0.15, -0.1) is 0 Å². The molecule has 0 aromatic carbocycles. The van der Waals surface area contributed by atoms with Crippen LogP contribution in [0.1, 0.15) is 23.2 Å². The molecule has 2 N–H and O–H groups in total. The Bertz CT molecular complexity index is 405. The van der Waals surface area contributed by atoms with Gasteiger partial charge in [0, 0.05) is 17.5 Å². The first-order valence-electron chi connectivity index (χ1n) is 5.14. The maximum Gasteiger partial charge on any atom is 0.339 e. The van der Waals surface area contributed by atoms with E-state index in [0.29, 0.717) is 10.6 Å². The van der Waals surface area contributed by atoms with Gasteiger partial charge in [0.25, 0.3) is 0 Å². The molecule has 0 atom stereocenters. The average molecular weight is 238 g/mol. The normalized spacial score (nSPS) is 16.8. The van der Waals surface area contributed by atoms with Crippen molar-refractivity contribution >= 4 is 23.5 Å². The summed E-state index contributed by atoms with van der Waals surface area (Å²) in [6.07, 6.45) is 6.07. The van der Waals surface area contributed by atoms with Gasteiger partial charge in [0.2, 0.25) is 0 Å². The molecule has 16 heavy (non-hydrogen) atoms. The molecule has 1 aromatic heterocycles. The van der Waals surface area contributed by atoms with E-state index in [-0.39, 0.29) is 5.56 Å². The molecule has 2 rings (SSSR count). The first-order chi connectivity index (χ1) is 7.67.